The van der Waals surface area contributed by atoms with Crippen LogP contribution in [-0.4, -0.2) is 52.4 Å². The number of methoxy groups -OCH3 is 1. The number of likely N-dealkylation sites (tertiary alicyclic amines) is 1. The number of aliphatic hydroxyl groups is 1. The fourth-order valence-corrected chi connectivity index (χ4v) is 3.20. The van der Waals surface area contributed by atoms with Crippen LogP contribution in [0, 0.1) is 5.92 Å². The molecule has 28 heavy (non-hydrogen) atoms. The van der Waals surface area contributed by atoms with Gasteiger partial charge in [0, 0.05) is 5.56 Å². The van der Waals surface area contributed by atoms with E-state index in [2.05, 4.69) is 14.9 Å². The molecule has 10 heteroatoms. The van der Waals surface area contributed by atoms with Crippen LogP contribution < -0.4 is 0 Å². The summed E-state index contributed by atoms with van der Waals surface area (Å²) in [5.41, 5.74) is -0.549. The first-order valence-corrected chi connectivity index (χ1v) is 8.76. The Balaban J connectivity index is 1.60. The minimum Gasteiger partial charge on any atom is -0.467 e. The molecule has 1 aromatic heterocycles. The third kappa shape index (κ3) is 4.68. The number of esters is 1. The molecule has 2 aromatic rings. The van der Waals surface area contributed by atoms with E-state index < -0.39 is 23.8 Å². The molecule has 0 radical (unpaired) electrons. The van der Waals surface area contributed by atoms with Crippen LogP contribution in [0.25, 0.3) is 11.4 Å². The quantitative estimate of drug-likeness (QED) is 0.773. The minimum absolute atomic E-state index is 0.0945. The maximum Gasteiger partial charge on any atom is 0.416 e. The zero-order valence-corrected chi connectivity index (χ0v) is 15.1. The Morgan fingerprint density at radius 2 is 2.11 bits per heavy atom. The lowest BCUT2D eigenvalue weighted by Crippen LogP contribution is -2.40. The Labute approximate surface area is 159 Å². The number of carbonyl (C=O) groups excluding carboxylic acids is 1. The maximum absolute atomic E-state index is 12.8. The van der Waals surface area contributed by atoms with Crippen molar-refractivity contribution < 1.29 is 32.3 Å². The summed E-state index contributed by atoms with van der Waals surface area (Å²) in [6.45, 7) is 1.56. The highest BCUT2D eigenvalue weighted by molar-refractivity contribution is 5.74. The SMILES string of the molecule is COC(=O)[C@H](O)C1CCN(Cc2nc(-c3cccc(C(F)(F)F)c3)no2)CC1. The Bertz CT molecular complexity index is 816. The van der Waals surface area contributed by atoms with Crippen molar-refractivity contribution in [1.82, 2.24) is 15.0 Å². The second kappa shape index (κ2) is 8.27. The van der Waals surface area contributed by atoms with E-state index in [4.69, 9.17) is 4.52 Å². The average Bonchev–Trinajstić information content (AvgIpc) is 3.15. The van der Waals surface area contributed by atoms with Crippen molar-refractivity contribution in [3.05, 3.63) is 35.7 Å². The molecule has 1 fully saturated rings. The van der Waals surface area contributed by atoms with Crippen LogP contribution in [0.2, 0.25) is 0 Å². The number of piperidine rings is 1. The maximum atomic E-state index is 12.8. The van der Waals surface area contributed by atoms with Crippen molar-refractivity contribution in [2.75, 3.05) is 20.2 Å². The molecule has 1 N–H and O–H groups in total. The summed E-state index contributed by atoms with van der Waals surface area (Å²) < 4.78 is 48.2. The molecule has 2 heterocycles. The van der Waals surface area contributed by atoms with Gasteiger partial charge in [-0.25, -0.2) is 4.79 Å². The van der Waals surface area contributed by atoms with Crippen molar-refractivity contribution in [1.29, 1.82) is 0 Å². The largest absolute Gasteiger partial charge is 0.467 e. The predicted octanol–water partition coefficient (Wildman–Crippen LogP) is 2.50. The molecule has 7 nitrogen and oxygen atoms in total. The molecule has 0 bridgehead atoms. The second-order valence-corrected chi connectivity index (χ2v) is 6.67. The molecule has 1 aromatic carbocycles. The topological polar surface area (TPSA) is 88.7 Å². The van der Waals surface area contributed by atoms with Gasteiger partial charge in [-0.05, 0) is 44.0 Å². The molecule has 0 saturated carbocycles. The first-order chi connectivity index (χ1) is 13.3. The van der Waals surface area contributed by atoms with Crippen LogP contribution >= 0.6 is 0 Å². The summed E-state index contributed by atoms with van der Waals surface area (Å²) in [5.74, 6) is -0.426. The van der Waals surface area contributed by atoms with E-state index in [0.29, 0.717) is 38.4 Å². The Kier molecular flexibility index (Phi) is 5.99. The number of nitrogens with zero attached hydrogens (tertiary/aromatic N) is 3. The number of ether oxygens (including phenoxy) is 1. The monoisotopic (exact) mass is 399 g/mol. The van der Waals surface area contributed by atoms with Gasteiger partial charge >= 0.3 is 12.1 Å². The molecule has 0 unspecified atom stereocenters. The van der Waals surface area contributed by atoms with E-state index in [0.717, 1.165) is 12.1 Å². The third-order valence-electron chi connectivity index (χ3n) is 4.80. The minimum atomic E-state index is -4.44. The molecule has 0 amide bonds. The molecule has 1 saturated heterocycles. The van der Waals surface area contributed by atoms with Gasteiger partial charge in [0.15, 0.2) is 6.10 Å². The van der Waals surface area contributed by atoms with Gasteiger partial charge in [-0.15, -0.1) is 0 Å². The van der Waals surface area contributed by atoms with Gasteiger partial charge in [-0.1, -0.05) is 17.3 Å². The van der Waals surface area contributed by atoms with E-state index >= 15 is 0 Å². The van der Waals surface area contributed by atoms with E-state index in [1.54, 1.807) is 0 Å². The highest BCUT2D eigenvalue weighted by atomic mass is 19.4. The van der Waals surface area contributed by atoms with Gasteiger partial charge in [-0.2, -0.15) is 18.2 Å². The summed E-state index contributed by atoms with van der Waals surface area (Å²) in [5, 5.41) is 13.7. The Hall–Kier alpha value is -2.46. The van der Waals surface area contributed by atoms with Gasteiger partial charge in [0.05, 0.1) is 19.2 Å². The highest BCUT2D eigenvalue weighted by Crippen LogP contribution is 2.31. The molecule has 0 spiro atoms. The zero-order chi connectivity index (χ0) is 20.3. The van der Waals surface area contributed by atoms with Crippen molar-refractivity contribution in [3.63, 3.8) is 0 Å². The number of hydrogen-bond donors (Lipinski definition) is 1. The smallest absolute Gasteiger partial charge is 0.416 e. The molecule has 152 valence electrons. The van der Waals surface area contributed by atoms with Crippen LogP contribution in [-0.2, 0) is 22.3 Å². The number of hydrogen-bond acceptors (Lipinski definition) is 7. The fourth-order valence-electron chi connectivity index (χ4n) is 3.20. The van der Waals surface area contributed by atoms with E-state index in [9.17, 15) is 23.1 Å². The molecular weight excluding hydrogens is 379 g/mol. The molecule has 3 rings (SSSR count). The predicted molar refractivity (Wildman–Crippen MR) is 90.8 cm³/mol. The summed E-state index contributed by atoms with van der Waals surface area (Å²) in [6, 6.07) is 4.75. The summed E-state index contributed by atoms with van der Waals surface area (Å²) in [4.78, 5) is 17.6. The number of alkyl halides is 3. The van der Waals surface area contributed by atoms with Crippen molar-refractivity contribution >= 4 is 5.97 Å². The van der Waals surface area contributed by atoms with Crippen molar-refractivity contribution in [3.8, 4) is 11.4 Å². The van der Waals surface area contributed by atoms with Crippen LogP contribution in [0.1, 0.15) is 24.3 Å². The van der Waals surface area contributed by atoms with Crippen LogP contribution in [0.3, 0.4) is 0 Å². The van der Waals surface area contributed by atoms with Crippen molar-refractivity contribution in [2.24, 2.45) is 5.92 Å². The van der Waals surface area contributed by atoms with Gasteiger partial charge in [-0.3, -0.25) is 4.90 Å². The Morgan fingerprint density at radius 3 is 2.75 bits per heavy atom. The van der Waals surface area contributed by atoms with E-state index in [1.165, 1.54) is 19.2 Å². The lowest BCUT2D eigenvalue weighted by atomic mass is 9.91. The lowest BCUT2D eigenvalue weighted by Gasteiger charge is -2.32. The van der Waals surface area contributed by atoms with Gasteiger partial charge in [0.25, 0.3) is 0 Å². The number of aliphatic hydroxyl groups excluding tert-OH is 1. The van der Waals surface area contributed by atoms with E-state index in [1.807, 2.05) is 4.90 Å². The van der Waals surface area contributed by atoms with Crippen molar-refractivity contribution in [2.45, 2.75) is 31.7 Å². The number of benzene rings is 1. The van der Waals surface area contributed by atoms with Crippen LogP contribution in [0.15, 0.2) is 28.8 Å². The van der Waals surface area contributed by atoms with Gasteiger partial charge < -0.3 is 14.4 Å². The van der Waals surface area contributed by atoms with E-state index in [-0.39, 0.29) is 17.3 Å². The number of rotatable bonds is 5. The Morgan fingerprint density at radius 1 is 1.39 bits per heavy atom. The molecule has 1 atom stereocenters. The molecule has 1 aliphatic heterocycles. The molecule has 1 aliphatic rings. The zero-order valence-electron chi connectivity index (χ0n) is 15.1. The third-order valence-corrected chi connectivity index (χ3v) is 4.80. The molecular formula is C18H20F3N3O4. The van der Waals surface area contributed by atoms with Gasteiger partial charge in [0.1, 0.15) is 0 Å². The number of carbonyl (C=O) groups is 1. The second-order valence-electron chi connectivity index (χ2n) is 6.67. The summed E-state index contributed by atoms with van der Waals surface area (Å²) in [7, 11) is 1.23. The standard InChI is InChI=1S/C18H20F3N3O4/c1-27-17(26)15(25)11-5-7-24(8-6-11)10-14-22-16(23-28-14)12-3-2-4-13(9-12)18(19,20)21/h2-4,9,11,15,25H,5-8,10H2,1H3/t15-/m1/s1. The summed E-state index contributed by atoms with van der Waals surface area (Å²) in [6.07, 6.45) is -4.37. The fraction of sp³-hybridized carbons (Fsp3) is 0.500. The first-order valence-electron chi connectivity index (χ1n) is 8.76. The number of aromatic nitrogens is 2. The summed E-state index contributed by atoms with van der Waals surface area (Å²) >= 11 is 0. The average molecular weight is 399 g/mol. The number of halogens is 3. The normalized spacial score (nSPS) is 17.5. The lowest BCUT2D eigenvalue weighted by molar-refractivity contribution is -0.154. The van der Waals surface area contributed by atoms with Crippen LogP contribution in [0.4, 0.5) is 13.2 Å². The molecule has 0 aliphatic carbocycles. The highest BCUT2D eigenvalue weighted by Gasteiger charge is 2.32. The van der Waals surface area contributed by atoms with Gasteiger partial charge in [0.2, 0.25) is 11.7 Å². The van der Waals surface area contributed by atoms with Crippen LogP contribution in [0.5, 0.6) is 0 Å². The first kappa shape index (κ1) is 20.3.